The Bertz CT molecular complexity index is 618. The van der Waals surface area contributed by atoms with Crippen LogP contribution in [0.15, 0.2) is 24.3 Å². The van der Waals surface area contributed by atoms with Gasteiger partial charge in [0, 0.05) is 6.04 Å². The molecule has 0 saturated heterocycles. The Morgan fingerprint density at radius 2 is 1.64 bits per heavy atom. The van der Waals surface area contributed by atoms with Crippen LogP contribution in [0.2, 0.25) is 0 Å². The predicted octanol–water partition coefficient (Wildman–Crippen LogP) is 0.604. The van der Waals surface area contributed by atoms with Gasteiger partial charge in [0.25, 0.3) is 11.8 Å². The van der Waals surface area contributed by atoms with Gasteiger partial charge in [-0.1, -0.05) is 12.1 Å². The van der Waals surface area contributed by atoms with Crippen molar-refractivity contribution < 1.29 is 24.3 Å². The molecule has 0 fully saturated rings. The summed E-state index contributed by atoms with van der Waals surface area (Å²) >= 11 is 0. The third kappa shape index (κ3) is 2.83. The second-order valence-corrected chi connectivity index (χ2v) is 5.25. The number of hydrogen-bond acceptors (Lipinski definition) is 4. The summed E-state index contributed by atoms with van der Waals surface area (Å²) in [5.74, 6) is -2.79. The second kappa shape index (κ2) is 5.97. The van der Waals surface area contributed by atoms with Crippen LogP contribution >= 0.6 is 0 Å². The summed E-state index contributed by atoms with van der Waals surface area (Å²) in [4.78, 5) is 49.4. The van der Waals surface area contributed by atoms with E-state index in [1.165, 1.54) is 12.1 Å². The van der Waals surface area contributed by atoms with Gasteiger partial charge in [-0.2, -0.15) is 0 Å². The number of carbonyl (C=O) groups is 4. The van der Waals surface area contributed by atoms with Crippen molar-refractivity contribution >= 4 is 23.7 Å². The third-order valence-corrected chi connectivity index (χ3v) is 3.42. The van der Waals surface area contributed by atoms with E-state index in [-0.39, 0.29) is 17.2 Å². The molecule has 1 heterocycles. The quantitative estimate of drug-likeness (QED) is 0.804. The van der Waals surface area contributed by atoms with E-state index in [2.05, 4.69) is 0 Å². The van der Waals surface area contributed by atoms with Gasteiger partial charge in [-0.15, -0.1) is 0 Å². The molecule has 1 N–H and O–H groups in total. The number of imide groups is 1. The van der Waals surface area contributed by atoms with E-state index in [0.717, 1.165) is 9.80 Å². The van der Waals surface area contributed by atoms with Gasteiger partial charge in [0.15, 0.2) is 0 Å². The molecule has 0 aromatic heterocycles. The van der Waals surface area contributed by atoms with Crippen molar-refractivity contribution in [3.05, 3.63) is 35.4 Å². The number of carboxylic acid groups (broad SMARTS) is 1. The first-order chi connectivity index (χ1) is 10.3. The van der Waals surface area contributed by atoms with Crippen LogP contribution in [0.4, 0.5) is 0 Å². The summed E-state index contributed by atoms with van der Waals surface area (Å²) < 4.78 is 0. The Kier molecular flexibility index (Phi) is 4.25. The second-order valence-electron chi connectivity index (χ2n) is 5.25. The molecule has 0 spiro atoms. The molecule has 1 aromatic carbocycles. The summed E-state index contributed by atoms with van der Waals surface area (Å²) in [5, 5.41) is 8.85. The number of hydrogen-bond donors (Lipinski definition) is 1. The molecule has 7 heteroatoms. The summed E-state index contributed by atoms with van der Waals surface area (Å²) in [7, 11) is 0. The number of carbonyl (C=O) groups excluding carboxylic acids is 3. The summed E-state index contributed by atoms with van der Waals surface area (Å²) in [6.45, 7) is 2.41. The highest BCUT2D eigenvalue weighted by molar-refractivity contribution is 6.22. The number of amides is 3. The fourth-order valence-corrected chi connectivity index (χ4v) is 2.31. The first kappa shape index (κ1) is 15.7. The van der Waals surface area contributed by atoms with Crippen molar-refractivity contribution in [3.63, 3.8) is 0 Å². The molecule has 22 heavy (non-hydrogen) atoms. The van der Waals surface area contributed by atoms with Gasteiger partial charge in [-0.05, 0) is 26.0 Å². The molecular formula is C15H16N2O5. The van der Waals surface area contributed by atoms with Crippen molar-refractivity contribution in [3.8, 4) is 0 Å². The maximum absolute atomic E-state index is 12.2. The number of benzene rings is 1. The van der Waals surface area contributed by atoms with Crippen LogP contribution in [0.5, 0.6) is 0 Å². The normalized spacial score (nSPS) is 13.5. The van der Waals surface area contributed by atoms with Crippen LogP contribution in [0.25, 0.3) is 0 Å². The van der Waals surface area contributed by atoms with Crippen molar-refractivity contribution in [1.29, 1.82) is 0 Å². The maximum atomic E-state index is 12.2. The minimum atomic E-state index is -1.15. The Balaban J connectivity index is 2.17. The zero-order valence-electron chi connectivity index (χ0n) is 12.3. The molecule has 0 atom stereocenters. The standard InChI is InChI=1S/C15H16N2O5/c1-9(2)16(8-13(19)20)12(18)7-17-14(21)10-5-3-4-6-11(10)15(17)22/h3-6,9H,7-8H2,1-2H3,(H,19,20). The Morgan fingerprint density at radius 1 is 1.14 bits per heavy atom. The average molecular weight is 304 g/mol. The van der Waals surface area contributed by atoms with Crippen molar-refractivity contribution in [2.75, 3.05) is 13.1 Å². The van der Waals surface area contributed by atoms with Crippen LogP contribution in [-0.4, -0.2) is 57.7 Å². The first-order valence-corrected chi connectivity index (χ1v) is 6.79. The van der Waals surface area contributed by atoms with E-state index in [9.17, 15) is 19.2 Å². The highest BCUT2D eigenvalue weighted by atomic mass is 16.4. The minimum absolute atomic E-state index is 0.259. The van der Waals surface area contributed by atoms with E-state index in [1.807, 2.05) is 0 Å². The molecule has 0 bridgehead atoms. The summed E-state index contributed by atoms with van der Waals surface area (Å²) in [5.41, 5.74) is 0.518. The fourth-order valence-electron chi connectivity index (χ4n) is 2.31. The molecule has 0 radical (unpaired) electrons. The van der Waals surface area contributed by atoms with Crippen LogP contribution in [0.1, 0.15) is 34.6 Å². The number of rotatable bonds is 5. The van der Waals surface area contributed by atoms with Gasteiger partial charge in [-0.25, -0.2) is 0 Å². The topological polar surface area (TPSA) is 95.0 Å². The zero-order valence-corrected chi connectivity index (χ0v) is 12.3. The van der Waals surface area contributed by atoms with Crippen molar-refractivity contribution in [2.45, 2.75) is 19.9 Å². The van der Waals surface area contributed by atoms with Crippen molar-refractivity contribution in [1.82, 2.24) is 9.80 Å². The lowest BCUT2D eigenvalue weighted by Gasteiger charge is -2.26. The Morgan fingerprint density at radius 3 is 2.05 bits per heavy atom. The van der Waals surface area contributed by atoms with Gasteiger partial charge in [0.2, 0.25) is 5.91 Å². The number of aliphatic carboxylic acids is 1. The highest BCUT2D eigenvalue weighted by Gasteiger charge is 2.37. The molecule has 0 aliphatic carbocycles. The van der Waals surface area contributed by atoms with E-state index in [1.54, 1.807) is 26.0 Å². The smallest absolute Gasteiger partial charge is 0.323 e. The van der Waals surface area contributed by atoms with Gasteiger partial charge in [-0.3, -0.25) is 24.1 Å². The SMILES string of the molecule is CC(C)N(CC(=O)O)C(=O)CN1C(=O)c2ccccc2C1=O. The third-order valence-electron chi connectivity index (χ3n) is 3.42. The molecule has 1 aromatic rings. The molecule has 3 amide bonds. The first-order valence-electron chi connectivity index (χ1n) is 6.79. The zero-order chi connectivity index (χ0) is 16.4. The lowest BCUT2D eigenvalue weighted by molar-refractivity contribution is -0.145. The summed E-state index contributed by atoms with van der Waals surface area (Å²) in [6, 6.07) is 5.98. The lowest BCUT2D eigenvalue weighted by atomic mass is 10.1. The van der Waals surface area contributed by atoms with Crippen molar-refractivity contribution in [2.24, 2.45) is 0 Å². The van der Waals surface area contributed by atoms with Crippen LogP contribution < -0.4 is 0 Å². The largest absolute Gasteiger partial charge is 0.480 e. The fraction of sp³-hybridized carbons (Fsp3) is 0.333. The molecule has 1 aliphatic heterocycles. The molecule has 0 unspecified atom stereocenters. The number of fused-ring (bicyclic) bond motifs is 1. The van der Waals surface area contributed by atoms with Crippen LogP contribution in [-0.2, 0) is 9.59 Å². The monoisotopic (exact) mass is 304 g/mol. The average Bonchev–Trinajstić information content (AvgIpc) is 2.70. The highest BCUT2D eigenvalue weighted by Crippen LogP contribution is 2.22. The molecule has 2 rings (SSSR count). The van der Waals surface area contributed by atoms with Gasteiger partial charge >= 0.3 is 5.97 Å². The van der Waals surface area contributed by atoms with E-state index >= 15 is 0 Å². The molecule has 1 aliphatic rings. The molecule has 7 nitrogen and oxygen atoms in total. The Hall–Kier alpha value is -2.70. The predicted molar refractivity (Wildman–Crippen MR) is 76.3 cm³/mol. The molecule has 116 valence electrons. The Labute approximate surface area is 127 Å². The molecular weight excluding hydrogens is 288 g/mol. The lowest BCUT2D eigenvalue weighted by Crippen LogP contribution is -2.47. The minimum Gasteiger partial charge on any atom is -0.480 e. The van der Waals surface area contributed by atoms with E-state index in [4.69, 9.17) is 5.11 Å². The van der Waals surface area contributed by atoms with E-state index < -0.39 is 36.8 Å². The van der Waals surface area contributed by atoms with Crippen LogP contribution in [0.3, 0.4) is 0 Å². The van der Waals surface area contributed by atoms with Gasteiger partial charge in [0.1, 0.15) is 13.1 Å². The van der Waals surface area contributed by atoms with Gasteiger partial charge < -0.3 is 10.0 Å². The number of nitrogens with zero attached hydrogens (tertiary/aromatic N) is 2. The maximum Gasteiger partial charge on any atom is 0.323 e. The number of carboxylic acids is 1. The van der Waals surface area contributed by atoms with E-state index in [0.29, 0.717) is 0 Å². The summed E-state index contributed by atoms with van der Waals surface area (Å²) in [6.07, 6.45) is 0. The van der Waals surface area contributed by atoms with Crippen LogP contribution in [0, 0.1) is 0 Å². The molecule has 0 saturated carbocycles. The van der Waals surface area contributed by atoms with Gasteiger partial charge in [0.05, 0.1) is 11.1 Å².